The van der Waals surface area contributed by atoms with Gasteiger partial charge in [0, 0.05) is 0 Å². The normalized spacial score (nSPS) is 20.8. The van der Waals surface area contributed by atoms with Gasteiger partial charge in [0.1, 0.15) is 11.4 Å². The maximum Gasteiger partial charge on any atom is 0.334 e. The second kappa shape index (κ2) is 11.7. The molecule has 4 atom stereocenters. The molecule has 7 heteroatoms. The highest BCUT2D eigenvalue weighted by Crippen LogP contribution is 2.43. The van der Waals surface area contributed by atoms with Crippen LogP contribution in [0.25, 0.3) is 0 Å². The summed E-state index contributed by atoms with van der Waals surface area (Å²) >= 11 is 1.43. The fourth-order valence-corrected chi connectivity index (χ4v) is 6.26. The Morgan fingerprint density at radius 1 is 0.974 bits per heavy atom. The molecular weight excluding hydrogens is 508 g/mol. The van der Waals surface area contributed by atoms with Gasteiger partial charge >= 0.3 is 5.97 Å². The SMILES string of the molecule is C=CC(C)C1=CS[C@@H]2[C@H](NC(=O)Cc3ccccc3)C(=O)N2[C@H]1C(=O)OC(c1ccccc1)c1ccccc1. The first kappa shape index (κ1) is 26.5. The molecule has 39 heavy (non-hydrogen) atoms. The van der Waals surface area contributed by atoms with Crippen molar-refractivity contribution in [2.75, 3.05) is 0 Å². The lowest BCUT2D eigenvalue weighted by atomic mass is 9.90. The van der Waals surface area contributed by atoms with Crippen LogP contribution in [-0.4, -0.2) is 40.1 Å². The minimum atomic E-state index is -0.908. The molecule has 0 aromatic heterocycles. The Labute approximate surface area is 232 Å². The van der Waals surface area contributed by atoms with Crippen molar-refractivity contribution in [3.63, 3.8) is 0 Å². The number of carbonyl (C=O) groups excluding carboxylic acids is 3. The van der Waals surface area contributed by atoms with Gasteiger partial charge in [0.05, 0.1) is 6.42 Å². The zero-order valence-corrected chi connectivity index (χ0v) is 22.4. The van der Waals surface area contributed by atoms with Crippen LogP contribution >= 0.6 is 11.8 Å². The fraction of sp³-hybridized carbons (Fsp3) is 0.219. The number of nitrogens with zero attached hydrogens (tertiary/aromatic N) is 1. The van der Waals surface area contributed by atoms with E-state index in [-0.39, 0.29) is 24.2 Å². The highest BCUT2D eigenvalue weighted by Gasteiger charge is 2.56. The summed E-state index contributed by atoms with van der Waals surface area (Å²) in [5.41, 5.74) is 3.29. The molecule has 2 aliphatic rings. The molecule has 0 radical (unpaired) electrons. The summed E-state index contributed by atoms with van der Waals surface area (Å²) in [5.74, 6) is -1.20. The molecule has 0 aliphatic carbocycles. The van der Waals surface area contributed by atoms with Gasteiger partial charge in [-0.3, -0.25) is 9.59 Å². The van der Waals surface area contributed by atoms with Crippen molar-refractivity contribution in [1.82, 2.24) is 10.2 Å². The molecule has 2 heterocycles. The van der Waals surface area contributed by atoms with Crippen molar-refractivity contribution in [3.05, 3.63) is 131 Å². The van der Waals surface area contributed by atoms with E-state index in [2.05, 4.69) is 11.9 Å². The Kier molecular flexibility index (Phi) is 7.98. The van der Waals surface area contributed by atoms with E-state index in [0.29, 0.717) is 0 Å². The van der Waals surface area contributed by atoms with Crippen LogP contribution in [0.5, 0.6) is 0 Å². The number of esters is 1. The second-order valence-corrected chi connectivity index (χ2v) is 10.7. The summed E-state index contributed by atoms with van der Waals surface area (Å²) in [4.78, 5) is 41.6. The van der Waals surface area contributed by atoms with Crippen LogP contribution in [0.3, 0.4) is 0 Å². The van der Waals surface area contributed by atoms with Crippen LogP contribution < -0.4 is 5.32 Å². The summed E-state index contributed by atoms with van der Waals surface area (Å²) in [6.07, 6.45) is 1.30. The number of allylic oxidation sites excluding steroid dienone is 1. The van der Waals surface area contributed by atoms with Gasteiger partial charge in [0.15, 0.2) is 12.1 Å². The number of hydrogen-bond acceptors (Lipinski definition) is 5. The Morgan fingerprint density at radius 2 is 1.54 bits per heavy atom. The van der Waals surface area contributed by atoms with E-state index < -0.39 is 29.5 Å². The molecule has 1 unspecified atom stereocenters. The molecule has 6 nitrogen and oxygen atoms in total. The molecule has 1 fully saturated rings. The van der Waals surface area contributed by atoms with Gasteiger partial charge in [0.25, 0.3) is 0 Å². The Bertz CT molecular complexity index is 1340. The zero-order chi connectivity index (χ0) is 27.4. The van der Waals surface area contributed by atoms with E-state index in [4.69, 9.17) is 4.74 Å². The van der Waals surface area contributed by atoms with Crippen molar-refractivity contribution in [3.8, 4) is 0 Å². The summed E-state index contributed by atoms with van der Waals surface area (Å²) < 4.78 is 6.18. The van der Waals surface area contributed by atoms with Gasteiger partial charge in [-0.15, -0.1) is 18.3 Å². The quantitative estimate of drug-likeness (QED) is 0.235. The fourth-order valence-electron chi connectivity index (χ4n) is 4.92. The molecule has 5 rings (SSSR count). The third-order valence-electron chi connectivity index (χ3n) is 7.08. The number of thioether (sulfide) groups is 1. The molecule has 2 aliphatic heterocycles. The summed E-state index contributed by atoms with van der Waals surface area (Å²) in [5, 5.41) is 4.39. The van der Waals surface area contributed by atoms with Crippen LogP contribution in [0.15, 0.2) is 115 Å². The van der Waals surface area contributed by atoms with Crippen LogP contribution in [-0.2, 0) is 25.5 Å². The number of nitrogens with one attached hydrogen (secondary N) is 1. The topological polar surface area (TPSA) is 75.7 Å². The number of β-lactam (4-membered cyclic amide) rings is 1. The highest BCUT2D eigenvalue weighted by molar-refractivity contribution is 8.03. The van der Waals surface area contributed by atoms with Crippen molar-refractivity contribution < 1.29 is 19.1 Å². The maximum atomic E-state index is 13.9. The van der Waals surface area contributed by atoms with Gasteiger partial charge in [-0.05, 0) is 33.6 Å². The minimum Gasteiger partial charge on any atom is -0.451 e. The summed E-state index contributed by atoms with van der Waals surface area (Å²) in [6.45, 7) is 5.84. The van der Waals surface area contributed by atoms with Gasteiger partial charge in [-0.1, -0.05) is 104 Å². The standard InChI is InChI=1S/C32H30N2O4S/c1-3-21(2)25-20-39-31-27(33-26(35)19-22-13-7-4-8-14-22)30(36)34(31)28(25)32(37)38-29(23-15-9-5-10-16-23)24-17-11-6-12-18-24/h3-18,20-21,27-29,31H,1,19H2,2H3,(H,33,35)/t21?,27-,28-,31-/m1/s1. The van der Waals surface area contributed by atoms with E-state index in [1.54, 1.807) is 11.0 Å². The third-order valence-corrected chi connectivity index (χ3v) is 8.27. The van der Waals surface area contributed by atoms with E-state index in [1.165, 1.54) is 11.8 Å². The molecule has 2 amide bonds. The van der Waals surface area contributed by atoms with Crippen LogP contribution in [0.1, 0.15) is 29.7 Å². The monoisotopic (exact) mass is 538 g/mol. The second-order valence-electron chi connectivity index (χ2n) is 9.66. The lowest BCUT2D eigenvalue weighted by Crippen LogP contribution is -2.74. The lowest BCUT2D eigenvalue weighted by Gasteiger charge is -2.52. The summed E-state index contributed by atoms with van der Waals surface area (Å²) in [7, 11) is 0. The van der Waals surface area contributed by atoms with Gasteiger partial charge < -0.3 is 15.0 Å². The number of hydrogen-bond donors (Lipinski definition) is 1. The molecular formula is C32H30N2O4S. The zero-order valence-electron chi connectivity index (χ0n) is 21.6. The number of amides is 2. The van der Waals surface area contributed by atoms with Crippen LogP contribution in [0.4, 0.5) is 0 Å². The number of fused-ring (bicyclic) bond motifs is 1. The number of carbonyl (C=O) groups is 3. The predicted molar refractivity (Wildman–Crippen MR) is 152 cm³/mol. The number of benzene rings is 3. The van der Waals surface area contributed by atoms with E-state index in [9.17, 15) is 14.4 Å². The third kappa shape index (κ3) is 5.54. The number of ether oxygens (including phenoxy) is 1. The maximum absolute atomic E-state index is 13.9. The average molecular weight is 539 g/mol. The van der Waals surface area contributed by atoms with E-state index in [1.807, 2.05) is 103 Å². The van der Waals surface area contributed by atoms with Crippen molar-refractivity contribution in [2.45, 2.75) is 36.9 Å². The predicted octanol–water partition coefficient (Wildman–Crippen LogP) is 5.04. The number of rotatable bonds is 9. The van der Waals surface area contributed by atoms with Gasteiger partial charge in [-0.2, -0.15) is 0 Å². The minimum absolute atomic E-state index is 0.151. The smallest absolute Gasteiger partial charge is 0.334 e. The molecule has 0 saturated carbocycles. The van der Waals surface area contributed by atoms with Gasteiger partial charge in [-0.25, -0.2) is 4.79 Å². The Hall–Kier alpha value is -4.10. The average Bonchev–Trinajstić information content (AvgIpc) is 2.98. The lowest BCUT2D eigenvalue weighted by molar-refractivity contribution is -0.165. The molecule has 3 aromatic carbocycles. The van der Waals surface area contributed by atoms with Crippen molar-refractivity contribution in [2.24, 2.45) is 5.92 Å². The largest absolute Gasteiger partial charge is 0.451 e. The van der Waals surface area contributed by atoms with Gasteiger partial charge in [0.2, 0.25) is 11.8 Å². The molecule has 0 bridgehead atoms. The molecule has 1 saturated heterocycles. The van der Waals surface area contributed by atoms with E-state index in [0.717, 1.165) is 22.3 Å². The van der Waals surface area contributed by atoms with Crippen LogP contribution in [0.2, 0.25) is 0 Å². The Balaban J connectivity index is 1.38. The van der Waals surface area contributed by atoms with Crippen molar-refractivity contribution >= 4 is 29.5 Å². The first-order chi connectivity index (χ1) is 19.0. The molecule has 3 aromatic rings. The molecule has 198 valence electrons. The van der Waals surface area contributed by atoms with Crippen LogP contribution in [0, 0.1) is 5.92 Å². The molecule has 1 N–H and O–H groups in total. The molecule has 0 spiro atoms. The first-order valence-corrected chi connectivity index (χ1v) is 13.9. The first-order valence-electron chi connectivity index (χ1n) is 12.9. The van der Waals surface area contributed by atoms with Crippen molar-refractivity contribution in [1.29, 1.82) is 0 Å². The van der Waals surface area contributed by atoms with E-state index >= 15 is 0 Å². The highest BCUT2D eigenvalue weighted by atomic mass is 32.2. The summed E-state index contributed by atoms with van der Waals surface area (Å²) in [6, 6.07) is 26.9. The Morgan fingerprint density at radius 3 is 2.10 bits per heavy atom.